The van der Waals surface area contributed by atoms with Gasteiger partial charge in [0.2, 0.25) is 5.91 Å². The summed E-state index contributed by atoms with van der Waals surface area (Å²) < 4.78 is 13.9. The van der Waals surface area contributed by atoms with Crippen LogP contribution in [0.25, 0.3) is 0 Å². The molecule has 0 aromatic heterocycles. The fourth-order valence-electron chi connectivity index (χ4n) is 1.74. The van der Waals surface area contributed by atoms with Crippen LogP contribution >= 0.6 is 0 Å². The summed E-state index contributed by atoms with van der Waals surface area (Å²) in [6.45, 7) is 5.09. The number of hydrogen-bond acceptors (Lipinski definition) is 3. The number of hydrogen-bond donors (Lipinski definition) is 2. The van der Waals surface area contributed by atoms with Gasteiger partial charge in [-0.15, -0.1) is 0 Å². The van der Waals surface area contributed by atoms with Crippen LogP contribution in [-0.2, 0) is 11.3 Å². The van der Waals surface area contributed by atoms with Gasteiger partial charge in [0.05, 0.1) is 5.69 Å². The molecule has 0 saturated carbocycles. The molecule has 0 aliphatic rings. The van der Waals surface area contributed by atoms with E-state index in [1.807, 2.05) is 18.7 Å². The second-order valence-corrected chi connectivity index (χ2v) is 3.89. The van der Waals surface area contributed by atoms with Gasteiger partial charge in [0.1, 0.15) is 12.4 Å². The summed E-state index contributed by atoms with van der Waals surface area (Å²) >= 11 is 0. The molecule has 1 aromatic carbocycles. The number of carbonyl (C=O) groups excluding carboxylic acids is 1. The third-order valence-electron chi connectivity index (χ3n) is 2.75. The quantitative estimate of drug-likeness (QED) is 0.804. The minimum absolute atomic E-state index is 0.217. The minimum atomic E-state index is -0.556. The Balaban J connectivity index is 2.76. The highest BCUT2D eigenvalue weighted by atomic mass is 19.1. The molecule has 100 valence electrons. The SMILES string of the molecule is CCN(CC)c1ccc(CNC(=O)CO)cc1F. The van der Waals surface area contributed by atoms with Gasteiger partial charge >= 0.3 is 0 Å². The first kappa shape index (κ1) is 14.4. The molecule has 1 rings (SSSR count). The Labute approximate surface area is 106 Å². The van der Waals surface area contributed by atoms with Crippen molar-refractivity contribution in [2.24, 2.45) is 0 Å². The Hall–Kier alpha value is -1.62. The van der Waals surface area contributed by atoms with Crippen molar-refractivity contribution in [2.45, 2.75) is 20.4 Å². The van der Waals surface area contributed by atoms with Crippen LogP contribution in [0.3, 0.4) is 0 Å². The fourth-order valence-corrected chi connectivity index (χ4v) is 1.74. The fraction of sp³-hybridized carbons (Fsp3) is 0.462. The zero-order valence-corrected chi connectivity index (χ0v) is 10.7. The summed E-state index contributed by atoms with van der Waals surface area (Å²) in [5.41, 5.74) is 1.24. The van der Waals surface area contributed by atoms with Gasteiger partial charge in [-0.05, 0) is 31.5 Å². The van der Waals surface area contributed by atoms with Crippen LogP contribution in [0.2, 0.25) is 0 Å². The van der Waals surface area contributed by atoms with Crippen LogP contribution in [-0.4, -0.2) is 30.7 Å². The van der Waals surface area contributed by atoms with E-state index in [-0.39, 0.29) is 12.4 Å². The molecule has 18 heavy (non-hydrogen) atoms. The molecule has 0 unspecified atom stereocenters. The maximum atomic E-state index is 13.9. The first-order valence-corrected chi connectivity index (χ1v) is 6.03. The minimum Gasteiger partial charge on any atom is -0.387 e. The highest BCUT2D eigenvalue weighted by Crippen LogP contribution is 2.20. The average molecular weight is 254 g/mol. The van der Waals surface area contributed by atoms with E-state index in [4.69, 9.17) is 5.11 Å². The molecule has 2 N–H and O–H groups in total. The van der Waals surface area contributed by atoms with Crippen molar-refractivity contribution < 1.29 is 14.3 Å². The molecule has 0 saturated heterocycles. The van der Waals surface area contributed by atoms with Crippen LogP contribution in [0.15, 0.2) is 18.2 Å². The van der Waals surface area contributed by atoms with Crippen molar-refractivity contribution in [1.29, 1.82) is 0 Å². The third-order valence-corrected chi connectivity index (χ3v) is 2.75. The normalized spacial score (nSPS) is 10.2. The van der Waals surface area contributed by atoms with Crippen molar-refractivity contribution in [1.82, 2.24) is 5.32 Å². The molecule has 0 atom stereocenters. The van der Waals surface area contributed by atoms with Crippen molar-refractivity contribution >= 4 is 11.6 Å². The number of amides is 1. The van der Waals surface area contributed by atoms with Gasteiger partial charge in [0.15, 0.2) is 0 Å². The molecular weight excluding hydrogens is 235 g/mol. The number of rotatable bonds is 6. The Morgan fingerprint density at radius 3 is 2.56 bits per heavy atom. The third kappa shape index (κ3) is 3.70. The highest BCUT2D eigenvalue weighted by molar-refractivity contribution is 5.76. The predicted octanol–water partition coefficient (Wildman–Crippen LogP) is 1.28. The average Bonchev–Trinajstić information content (AvgIpc) is 2.39. The first-order valence-electron chi connectivity index (χ1n) is 6.03. The highest BCUT2D eigenvalue weighted by Gasteiger charge is 2.09. The number of anilines is 1. The number of aliphatic hydroxyl groups excluding tert-OH is 1. The molecule has 0 aliphatic carbocycles. The van der Waals surface area contributed by atoms with Crippen molar-refractivity contribution in [3.8, 4) is 0 Å². The number of carbonyl (C=O) groups is 1. The van der Waals surface area contributed by atoms with Crippen molar-refractivity contribution in [2.75, 3.05) is 24.6 Å². The summed E-state index contributed by atoms with van der Waals surface area (Å²) in [6.07, 6.45) is 0. The molecular formula is C13H19FN2O2. The molecule has 0 radical (unpaired) electrons. The van der Waals surface area contributed by atoms with E-state index in [9.17, 15) is 9.18 Å². The number of nitrogens with zero attached hydrogens (tertiary/aromatic N) is 1. The molecule has 0 aliphatic heterocycles. The Kier molecular flexibility index (Phi) is 5.58. The maximum absolute atomic E-state index is 13.9. The second-order valence-electron chi connectivity index (χ2n) is 3.89. The molecule has 0 bridgehead atoms. The van der Waals surface area contributed by atoms with Gasteiger partial charge in [-0.1, -0.05) is 6.07 Å². The van der Waals surface area contributed by atoms with Gasteiger partial charge < -0.3 is 15.3 Å². The van der Waals surface area contributed by atoms with E-state index in [1.165, 1.54) is 6.07 Å². The van der Waals surface area contributed by atoms with E-state index in [0.29, 0.717) is 11.3 Å². The number of nitrogens with one attached hydrogen (secondary N) is 1. The second kappa shape index (κ2) is 6.96. The summed E-state index contributed by atoms with van der Waals surface area (Å²) in [6, 6.07) is 4.89. The predicted molar refractivity (Wildman–Crippen MR) is 68.9 cm³/mol. The van der Waals surface area contributed by atoms with Gasteiger partial charge in [-0.2, -0.15) is 0 Å². The lowest BCUT2D eigenvalue weighted by atomic mass is 10.1. The summed E-state index contributed by atoms with van der Waals surface area (Å²) in [5, 5.41) is 11.0. The first-order chi connectivity index (χ1) is 8.62. The van der Waals surface area contributed by atoms with E-state index in [1.54, 1.807) is 12.1 Å². The Morgan fingerprint density at radius 1 is 1.39 bits per heavy atom. The van der Waals surface area contributed by atoms with Crippen molar-refractivity contribution in [3.05, 3.63) is 29.6 Å². The van der Waals surface area contributed by atoms with Gasteiger partial charge in [0.25, 0.3) is 0 Å². The van der Waals surface area contributed by atoms with E-state index in [0.717, 1.165) is 13.1 Å². The zero-order valence-electron chi connectivity index (χ0n) is 10.7. The van der Waals surface area contributed by atoms with Crippen LogP contribution in [0.1, 0.15) is 19.4 Å². The van der Waals surface area contributed by atoms with Crippen LogP contribution in [0, 0.1) is 5.82 Å². The van der Waals surface area contributed by atoms with Crippen LogP contribution in [0.5, 0.6) is 0 Å². The van der Waals surface area contributed by atoms with Crippen LogP contribution in [0.4, 0.5) is 10.1 Å². The van der Waals surface area contributed by atoms with E-state index >= 15 is 0 Å². The van der Waals surface area contributed by atoms with Crippen molar-refractivity contribution in [3.63, 3.8) is 0 Å². The standard InChI is InChI=1S/C13H19FN2O2/c1-3-16(4-2)12-6-5-10(7-11(12)14)8-15-13(18)9-17/h5-7,17H,3-4,8-9H2,1-2H3,(H,15,18). The van der Waals surface area contributed by atoms with Gasteiger partial charge in [-0.3, -0.25) is 4.79 Å². The zero-order chi connectivity index (χ0) is 13.5. The lowest BCUT2D eigenvalue weighted by molar-refractivity contribution is -0.123. The maximum Gasteiger partial charge on any atom is 0.245 e. The molecule has 5 heteroatoms. The molecule has 4 nitrogen and oxygen atoms in total. The smallest absolute Gasteiger partial charge is 0.245 e. The largest absolute Gasteiger partial charge is 0.387 e. The van der Waals surface area contributed by atoms with Gasteiger partial charge in [0, 0.05) is 19.6 Å². The molecule has 0 heterocycles. The molecule has 0 spiro atoms. The Bertz CT molecular complexity index is 406. The lowest BCUT2D eigenvalue weighted by Crippen LogP contribution is -2.26. The Morgan fingerprint density at radius 2 is 2.06 bits per heavy atom. The lowest BCUT2D eigenvalue weighted by Gasteiger charge is -2.21. The van der Waals surface area contributed by atoms with Gasteiger partial charge in [-0.25, -0.2) is 4.39 Å². The summed E-state index contributed by atoms with van der Waals surface area (Å²) in [4.78, 5) is 12.8. The summed E-state index contributed by atoms with van der Waals surface area (Å²) in [7, 11) is 0. The monoisotopic (exact) mass is 254 g/mol. The van der Waals surface area contributed by atoms with E-state index in [2.05, 4.69) is 5.32 Å². The molecule has 1 amide bonds. The van der Waals surface area contributed by atoms with Crippen LogP contribution < -0.4 is 10.2 Å². The molecule has 0 fully saturated rings. The number of benzene rings is 1. The molecule has 1 aromatic rings. The van der Waals surface area contributed by atoms with E-state index < -0.39 is 12.5 Å². The topological polar surface area (TPSA) is 52.6 Å². The summed E-state index contributed by atoms with van der Waals surface area (Å²) in [5.74, 6) is -0.766. The number of aliphatic hydroxyl groups is 1. The number of halogens is 1.